The van der Waals surface area contributed by atoms with Gasteiger partial charge < -0.3 is 15.2 Å². The van der Waals surface area contributed by atoms with Gasteiger partial charge in [-0.2, -0.15) is 0 Å². The largest absolute Gasteiger partial charge is 0.481 e. The van der Waals surface area contributed by atoms with Gasteiger partial charge in [-0.15, -0.1) is 0 Å². The van der Waals surface area contributed by atoms with Crippen LogP contribution >= 0.6 is 11.6 Å². The number of halogens is 1. The molecule has 2 bridgehead atoms. The van der Waals surface area contributed by atoms with E-state index in [0.717, 1.165) is 5.56 Å². The van der Waals surface area contributed by atoms with Crippen LogP contribution in [0.25, 0.3) is 0 Å². The molecule has 2 aliphatic rings. The van der Waals surface area contributed by atoms with Crippen LogP contribution in [0.5, 0.6) is 0 Å². The molecular weight excluding hydrogens is 294 g/mol. The highest BCUT2D eigenvalue weighted by atomic mass is 35.5. The monoisotopic (exact) mass is 307 g/mol. The van der Waals surface area contributed by atoms with Crippen LogP contribution in [0.1, 0.15) is 5.56 Å². The Labute approximate surface area is 126 Å². The summed E-state index contributed by atoms with van der Waals surface area (Å²) >= 11 is 5.92. The van der Waals surface area contributed by atoms with Gasteiger partial charge in [0.1, 0.15) is 5.92 Å². The van der Waals surface area contributed by atoms with Crippen LogP contribution in [-0.2, 0) is 14.3 Å². The van der Waals surface area contributed by atoms with Gasteiger partial charge in [-0.3, -0.25) is 9.59 Å². The van der Waals surface area contributed by atoms with Crippen LogP contribution in [0.3, 0.4) is 0 Å². The Kier molecular flexibility index (Phi) is 3.47. The maximum Gasteiger partial charge on any atom is 0.310 e. The van der Waals surface area contributed by atoms with Gasteiger partial charge in [-0.25, -0.2) is 0 Å². The van der Waals surface area contributed by atoms with Gasteiger partial charge in [-0.1, -0.05) is 29.8 Å². The zero-order chi connectivity index (χ0) is 15.1. The van der Waals surface area contributed by atoms with Crippen molar-refractivity contribution in [1.82, 2.24) is 0 Å². The first-order valence-corrected chi connectivity index (χ1v) is 6.99. The second-order valence-electron chi connectivity index (χ2n) is 5.29. The quantitative estimate of drug-likeness (QED) is 0.840. The Morgan fingerprint density at radius 3 is 2.57 bits per heavy atom. The van der Waals surface area contributed by atoms with Crippen molar-refractivity contribution in [3.8, 4) is 0 Å². The Morgan fingerprint density at radius 1 is 1.24 bits per heavy atom. The van der Waals surface area contributed by atoms with Crippen LogP contribution in [-0.4, -0.2) is 29.2 Å². The number of carbonyl (C=O) groups excluding carboxylic acids is 1. The number of carboxylic acids is 1. The van der Waals surface area contributed by atoms with E-state index in [-0.39, 0.29) is 5.91 Å². The summed E-state index contributed by atoms with van der Waals surface area (Å²) in [5, 5.41) is 12.6. The highest BCUT2D eigenvalue weighted by Crippen LogP contribution is 2.40. The normalized spacial score (nSPS) is 29.6. The molecule has 21 heavy (non-hydrogen) atoms. The predicted molar refractivity (Wildman–Crippen MR) is 77.2 cm³/mol. The van der Waals surface area contributed by atoms with Crippen molar-refractivity contribution in [2.75, 3.05) is 5.32 Å². The van der Waals surface area contributed by atoms with E-state index in [4.69, 9.17) is 16.3 Å². The number of hydrogen-bond acceptors (Lipinski definition) is 3. The number of hydrogen-bond donors (Lipinski definition) is 2. The highest BCUT2D eigenvalue weighted by Gasteiger charge is 2.53. The van der Waals surface area contributed by atoms with E-state index in [1.165, 1.54) is 0 Å². The summed E-state index contributed by atoms with van der Waals surface area (Å²) in [5.41, 5.74) is 1.45. The second kappa shape index (κ2) is 5.16. The molecule has 0 saturated carbocycles. The van der Waals surface area contributed by atoms with Crippen LogP contribution < -0.4 is 5.32 Å². The lowest BCUT2D eigenvalue weighted by atomic mass is 9.82. The predicted octanol–water partition coefficient (Wildman–Crippen LogP) is 2.24. The summed E-state index contributed by atoms with van der Waals surface area (Å²) in [4.78, 5) is 23.8. The van der Waals surface area contributed by atoms with Gasteiger partial charge in [0.05, 0.1) is 18.1 Å². The van der Waals surface area contributed by atoms with Gasteiger partial charge in [-0.05, 0) is 24.6 Å². The molecule has 4 atom stereocenters. The number of fused-ring (bicyclic) bond motifs is 2. The summed E-state index contributed by atoms with van der Waals surface area (Å²) in [6.45, 7) is 1.85. The molecule has 2 aliphatic heterocycles. The highest BCUT2D eigenvalue weighted by molar-refractivity contribution is 6.31. The van der Waals surface area contributed by atoms with E-state index in [9.17, 15) is 14.7 Å². The van der Waals surface area contributed by atoms with Crippen LogP contribution in [0.4, 0.5) is 5.69 Å². The van der Waals surface area contributed by atoms with Gasteiger partial charge >= 0.3 is 5.97 Å². The lowest BCUT2D eigenvalue weighted by Crippen LogP contribution is -2.39. The summed E-state index contributed by atoms with van der Waals surface area (Å²) < 4.78 is 5.49. The van der Waals surface area contributed by atoms with Crippen molar-refractivity contribution in [1.29, 1.82) is 0 Å². The molecule has 1 aromatic carbocycles. The number of benzene rings is 1. The zero-order valence-electron chi connectivity index (χ0n) is 11.2. The molecule has 0 radical (unpaired) electrons. The van der Waals surface area contributed by atoms with Crippen LogP contribution in [0.15, 0.2) is 30.4 Å². The van der Waals surface area contributed by atoms with Crippen LogP contribution in [0.2, 0.25) is 5.02 Å². The van der Waals surface area contributed by atoms with Crippen molar-refractivity contribution in [3.63, 3.8) is 0 Å². The molecule has 0 aliphatic carbocycles. The van der Waals surface area contributed by atoms with E-state index in [1.54, 1.807) is 30.4 Å². The van der Waals surface area contributed by atoms with E-state index in [0.29, 0.717) is 10.7 Å². The lowest BCUT2D eigenvalue weighted by molar-refractivity contribution is -0.145. The molecule has 1 saturated heterocycles. The molecule has 2 heterocycles. The fourth-order valence-electron chi connectivity index (χ4n) is 2.86. The van der Waals surface area contributed by atoms with E-state index in [1.807, 2.05) is 6.92 Å². The third-order valence-electron chi connectivity index (χ3n) is 3.94. The summed E-state index contributed by atoms with van der Waals surface area (Å²) in [5.74, 6) is -2.95. The number of carboxylic acid groups (broad SMARTS) is 1. The van der Waals surface area contributed by atoms with Crippen molar-refractivity contribution in [2.45, 2.75) is 19.1 Å². The lowest BCUT2D eigenvalue weighted by Gasteiger charge is -2.21. The summed E-state index contributed by atoms with van der Waals surface area (Å²) in [6, 6.07) is 5.17. The van der Waals surface area contributed by atoms with Gasteiger partial charge in [0.25, 0.3) is 0 Å². The van der Waals surface area contributed by atoms with E-state index in [2.05, 4.69) is 5.32 Å². The van der Waals surface area contributed by atoms with Gasteiger partial charge in [0, 0.05) is 10.7 Å². The maximum absolute atomic E-state index is 12.5. The Morgan fingerprint density at radius 2 is 1.90 bits per heavy atom. The second-order valence-corrected chi connectivity index (χ2v) is 5.72. The fourth-order valence-corrected chi connectivity index (χ4v) is 3.03. The Hall–Kier alpha value is -1.85. The summed E-state index contributed by atoms with van der Waals surface area (Å²) in [6.07, 6.45) is 2.45. The average Bonchev–Trinajstić information content (AvgIpc) is 3.03. The van der Waals surface area contributed by atoms with Gasteiger partial charge in [0.15, 0.2) is 0 Å². The SMILES string of the molecule is Cc1ccc(Cl)cc1NC(=O)[C@@H]1[C@@H](C(=O)O)[C@@H]2C=C[C@@H]1O2. The first kappa shape index (κ1) is 14.1. The molecular formula is C15H14ClNO4. The number of aryl methyl sites for hydroxylation is 1. The fraction of sp³-hybridized carbons (Fsp3) is 0.333. The molecule has 3 rings (SSSR count). The minimum atomic E-state index is -1.02. The molecule has 0 aromatic heterocycles. The number of ether oxygens (including phenoxy) is 1. The van der Waals surface area contributed by atoms with Crippen molar-refractivity contribution >= 4 is 29.2 Å². The average molecular weight is 308 g/mol. The van der Waals surface area contributed by atoms with E-state index < -0.39 is 30.0 Å². The first-order chi connectivity index (χ1) is 9.97. The molecule has 2 N–H and O–H groups in total. The van der Waals surface area contributed by atoms with Crippen molar-refractivity contribution in [3.05, 3.63) is 40.9 Å². The standard InChI is InChI=1S/C15H14ClNO4/c1-7-2-3-8(16)6-9(7)17-14(18)12-10-4-5-11(21-10)13(12)15(19)20/h2-6,10-13H,1H3,(H,17,18)(H,19,20)/t10-,11-,12-,13-/m0/s1. The van der Waals surface area contributed by atoms with Crippen molar-refractivity contribution in [2.24, 2.45) is 11.8 Å². The molecule has 1 fully saturated rings. The number of amides is 1. The Balaban J connectivity index is 1.83. The molecule has 0 spiro atoms. The molecule has 1 amide bonds. The molecule has 110 valence electrons. The maximum atomic E-state index is 12.5. The first-order valence-electron chi connectivity index (χ1n) is 6.61. The minimum Gasteiger partial charge on any atom is -0.481 e. The zero-order valence-corrected chi connectivity index (χ0v) is 12.0. The molecule has 0 unspecified atom stereocenters. The van der Waals surface area contributed by atoms with Crippen LogP contribution in [0, 0.1) is 18.8 Å². The Bertz CT molecular complexity index is 643. The van der Waals surface area contributed by atoms with Gasteiger partial charge in [0.2, 0.25) is 5.91 Å². The molecule has 6 heteroatoms. The molecule has 1 aromatic rings. The van der Waals surface area contributed by atoms with E-state index >= 15 is 0 Å². The number of anilines is 1. The smallest absolute Gasteiger partial charge is 0.310 e. The number of rotatable bonds is 3. The molecule has 5 nitrogen and oxygen atoms in total. The summed E-state index contributed by atoms with van der Waals surface area (Å²) in [7, 11) is 0. The third kappa shape index (κ3) is 2.43. The number of aliphatic carboxylic acids is 1. The minimum absolute atomic E-state index is 0.357. The number of carbonyl (C=O) groups is 2. The number of nitrogens with one attached hydrogen (secondary N) is 1. The van der Waals surface area contributed by atoms with Crippen molar-refractivity contribution < 1.29 is 19.4 Å². The third-order valence-corrected chi connectivity index (χ3v) is 4.18. The topological polar surface area (TPSA) is 75.6 Å².